The summed E-state index contributed by atoms with van der Waals surface area (Å²) in [5.41, 5.74) is 1.06. The number of benzene rings is 2. The Bertz CT molecular complexity index is 815. The molecular formula is C15H14NO3S2-. The standard InChI is InChI=1S/C15H15NO3S2/c1-11-16(9-4-10-21(17,18)19)15-13-6-3-2-5-12(13)7-8-14(15)20-11/h2-3,5-8H,1,4,9-10H2,(H,17,18,19)/p-1. The highest BCUT2D eigenvalue weighted by Gasteiger charge is 2.25. The first-order valence-corrected chi connectivity index (χ1v) is 8.95. The van der Waals surface area contributed by atoms with Gasteiger partial charge in [0.05, 0.1) is 20.8 Å². The van der Waals surface area contributed by atoms with Gasteiger partial charge in [0.2, 0.25) is 0 Å². The first-order valence-electron chi connectivity index (χ1n) is 6.55. The number of nitrogens with zero attached hydrogens (tertiary/aromatic N) is 1. The summed E-state index contributed by atoms with van der Waals surface area (Å²) in [5, 5.41) is 3.11. The Morgan fingerprint density at radius 3 is 2.71 bits per heavy atom. The molecule has 0 aliphatic carbocycles. The minimum Gasteiger partial charge on any atom is -0.748 e. The van der Waals surface area contributed by atoms with Crippen molar-refractivity contribution < 1.29 is 13.0 Å². The van der Waals surface area contributed by atoms with E-state index in [-0.39, 0.29) is 5.75 Å². The van der Waals surface area contributed by atoms with Crippen LogP contribution in [0.4, 0.5) is 5.69 Å². The second-order valence-corrected chi connectivity index (χ2v) is 7.54. The van der Waals surface area contributed by atoms with Crippen LogP contribution in [0.1, 0.15) is 6.42 Å². The molecule has 21 heavy (non-hydrogen) atoms. The van der Waals surface area contributed by atoms with E-state index >= 15 is 0 Å². The summed E-state index contributed by atoms with van der Waals surface area (Å²) in [4.78, 5) is 3.12. The zero-order chi connectivity index (χ0) is 15.0. The van der Waals surface area contributed by atoms with Gasteiger partial charge in [-0.2, -0.15) is 0 Å². The molecule has 0 bridgehead atoms. The van der Waals surface area contributed by atoms with Gasteiger partial charge in [-0.25, -0.2) is 8.42 Å². The average Bonchev–Trinajstić information content (AvgIpc) is 2.74. The molecular weight excluding hydrogens is 306 g/mol. The lowest BCUT2D eigenvalue weighted by atomic mass is 10.1. The molecule has 0 spiro atoms. The molecule has 0 saturated carbocycles. The van der Waals surface area contributed by atoms with Gasteiger partial charge in [-0.15, -0.1) is 0 Å². The molecule has 6 heteroatoms. The van der Waals surface area contributed by atoms with E-state index in [1.54, 1.807) is 11.8 Å². The zero-order valence-electron chi connectivity index (χ0n) is 11.3. The lowest BCUT2D eigenvalue weighted by Crippen LogP contribution is -2.21. The molecule has 1 heterocycles. The van der Waals surface area contributed by atoms with Crippen LogP contribution in [0.15, 0.2) is 52.9 Å². The van der Waals surface area contributed by atoms with E-state index in [0.717, 1.165) is 26.4 Å². The van der Waals surface area contributed by atoms with Crippen molar-refractivity contribution in [2.75, 3.05) is 17.2 Å². The summed E-state index contributed by atoms with van der Waals surface area (Å²) in [6.07, 6.45) is 0.300. The fourth-order valence-corrected chi connectivity index (χ4v) is 4.02. The number of hydrogen-bond acceptors (Lipinski definition) is 5. The summed E-state index contributed by atoms with van der Waals surface area (Å²) in [6.45, 7) is 4.51. The Hall–Kier alpha value is -1.50. The maximum absolute atomic E-state index is 10.7. The highest BCUT2D eigenvalue weighted by Crippen LogP contribution is 2.48. The molecule has 3 rings (SSSR count). The Kier molecular flexibility index (Phi) is 3.69. The molecule has 4 nitrogen and oxygen atoms in total. The smallest absolute Gasteiger partial charge is 0.0946 e. The Morgan fingerprint density at radius 2 is 1.95 bits per heavy atom. The second-order valence-electron chi connectivity index (χ2n) is 4.90. The van der Waals surface area contributed by atoms with E-state index in [9.17, 15) is 13.0 Å². The lowest BCUT2D eigenvalue weighted by molar-refractivity contribution is 0.461. The zero-order valence-corrected chi connectivity index (χ0v) is 12.9. The molecule has 0 radical (unpaired) electrons. The minimum absolute atomic E-state index is 0.300. The Labute approximate surface area is 128 Å². The molecule has 0 amide bonds. The quantitative estimate of drug-likeness (QED) is 0.810. The average molecular weight is 320 g/mol. The summed E-state index contributed by atoms with van der Waals surface area (Å²) in [7, 11) is -4.17. The largest absolute Gasteiger partial charge is 0.748 e. The number of thioether (sulfide) groups is 1. The van der Waals surface area contributed by atoms with E-state index in [1.807, 2.05) is 29.2 Å². The van der Waals surface area contributed by atoms with Crippen LogP contribution in [0.2, 0.25) is 0 Å². The fourth-order valence-electron chi connectivity index (χ4n) is 2.54. The molecule has 1 aliphatic rings. The van der Waals surface area contributed by atoms with Crippen molar-refractivity contribution in [3.8, 4) is 0 Å². The van der Waals surface area contributed by atoms with E-state index in [1.165, 1.54) is 0 Å². The Balaban J connectivity index is 1.94. The monoisotopic (exact) mass is 320 g/mol. The second kappa shape index (κ2) is 5.36. The van der Waals surface area contributed by atoms with Crippen LogP contribution >= 0.6 is 11.8 Å². The van der Waals surface area contributed by atoms with Gasteiger partial charge in [0, 0.05) is 22.6 Å². The first-order chi connectivity index (χ1) is 9.96. The maximum Gasteiger partial charge on any atom is 0.0946 e. The molecule has 0 atom stereocenters. The van der Waals surface area contributed by atoms with Crippen LogP contribution in [-0.4, -0.2) is 25.3 Å². The van der Waals surface area contributed by atoms with Crippen LogP contribution in [0.5, 0.6) is 0 Å². The first kappa shape index (κ1) is 14.4. The Morgan fingerprint density at radius 1 is 1.19 bits per heavy atom. The summed E-state index contributed by atoms with van der Waals surface area (Å²) < 4.78 is 32.2. The molecule has 0 unspecified atom stereocenters. The maximum atomic E-state index is 10.7. The van der Waals surface area contributed by atoms with Gasteiger partial charge in [-0.3, -0.25) is 0 Å². The van der Waals surface area contributed by atoms with Crippen molar-refractivity contribution in [2.24, 2.45) is 0 Å². The molecule has 0 fully saturated rings. The third-order valence-electron chi connectivity index (χ3n) is 3.44. The number of hydrogen-bond donors (Lipinski definition) is 0. The normalized spacial score (nSPS) is 14.7. The fraction of sp³-hybridized carbons (Fsp3) is 0.200. The minimum atomic E-state index is -4.17. The molecule has 2 aromatic rings. The van der Waals surface area contributed by atoms with Gasteiger partial charge in [0.15, 0.2) is 0 Å². The summed E-state index contributed by atoms with van der Waals surface area (Å²) >= 11 is 1.58. The summed E-state index contributed by atoms with van der Waals surface area (Å²) in [6, 6.07) is 12.2. The van der Waals surface area contributed by atoms with E-state index < -0.39 is 10.1 Å². The molecule has 110 valence electrons. The number of anilines is 1. The highest BCUT2D eigenvalue weighted by molar-refractivity contribution is 8.03. The van der Waals surface area contributed by atoms with E-state index in [2.05, 4.69) is 18.7 Å². The highest BCUT2D eigenvalue weighted by atomic mass is 32.2. The lowest BCUT2D eigenvalue weighted by Gasteiger charge is -2.21. The van der Waals surface area contributed by atoms with Crippen LogP contribution in [0, 0.1) is 0 Å². The molecule has 0 aromatic heterocycles. The SMILES string of the molecule is C=C1Sc2ccc3ccccc3c2N1CCCS(=O)(=O)[O-]. The van der Waals surface area contributed by atoms with Gasteiger partial charge in [0.1, 0.15) is 0 Å². The predicted molar refractivity (Wildman–Crippen MR) is 85.5 cm³/mol. The number of fused-ring (bicyclic) bond motifs is 3. The number of rotatable bonds is 4. The van der Waals surface area contributed by atoms with Crippen LogP contribution in [0.3, 0.4) is 0 Å². The van der Waals surface area contributed by atoms with Crippen molar-refractivity contribution in [1.82, 2.24) is 0 Å². The predicted octanol–water partition coefficient (Wildman–Crippen LogP) is 3.16. The van der Waals surface area contributed by atoms with Gasteiger partial charge < -0.3 is 9.45 Å². The van der Waals surface area contributed by atoms with E-state index in [0.29, 0.717) is 13.0 Å². The van der Waals surface area contributed by atoms with Gasteiger partial charge in [-0.1, -0.05) is 48.7 Å². The third kappa shape index (κ3) is 2.92. The van der Waals surface area contributed by atoms with Crippen molar-refractivity contribution in [3.05, 3.63) is 48.0 Å². The summed E-state index contributed by atoms with van der Waals surface area (Å²) in [5.74, 6) is -0.346. The molecule has 0 saturated heterocycles. The van der Waals surface area contributed by atoms with Crippen molar-refractivity contribution >= 4 is 38.3 Å². The van der Waals surface area contributed by atoms with Crippen LogP contribution in [0.25, 0.3) is 10.8 Å². The van der Waals surface area contributed by atoms with Crippen molar-refractivity contribution in [1.29, 1.82) is 0 Å². The van der Waals surface area contributed by atoms with E-state index in [4.69, 9.17) is 0 Å². The van der Waals surface area contributed by atoms with Gasteiger partial charge in [0.25, 0.3) is 0 Å². The molecule has 0 N–H and O–H groups in total. The third-order valence-corrected chi connectivity index (χ3v) is 5.23. The molecule has 2 aromatic carbocycles. The van der Waals surface area contributed by atoms with Crippen molar-refractivity contribution in [2.45, 2.75) is 11.3 Å². The molecule has 1 aliphatic heterocycles. The van der Waals surface area contributed by atoms with Crippen molar-refractivity contribution in [3.63, 3.8) is 0 Å². The van der Waals surface area contributed by atoms with Gasteiger partial charge >= 0.3 is 0 Å². The van der Waals surface area contributed by atoms with Gasteiger partial charge in [-0.05, 0) is 17.9 Å². The van der Waals surface area contributed by atoms with Crippen LogP contribution < -0.4 is 4.90 Å². The topological polar surface area (TPSA) is 60.4 Å². The van der Waals surface area contributed by atoms with Crippen LogP contribution in [-0.2, 0) is 10.1 Å².